The van der Waals surface area contributed by atoms with Crippen LogP contribution >= 0.6 is 23.8 Å². The topological polar surface area (TPSA) is 67.4 Å². The third-order valence-electron chi connectivity index (χ3n) is 3.97. The highest BCUT2D eigenvalue weighted by Gasteiger charge is 2.36. The number of ketones is 1. The summed E-state index contributed by atoms with van der Waals surface area (Å²) in [6.45, 7) is 0. The molecule has 132 valence electrons. The summed E-state index contributed by atoms with van der Waals surface area (Å²) in [6, 6.07) is 15.6. The summed E-state index contributed by atoms with van der Waals surface area (Å²) in [4.78, 5) is 24.8. The molecule has 0 aromatic heterocycles. The first-order valence-corrected chi connectivity index (χ1v) is 8.55. The van der Waals surface area contributed by atoms with Gasteiger partial charge in [-0.2, -0.15) is 0 Å². The minimum atomic E-state index is -0.957. The van der Waals surface area contributed by atoms with Gasteiger partial charge in [-0.25, -0.2) is 4.79 Å². The van der Waals surface area contributed by atoms with E-state index in [0.717, 1.165) is 5.56 Å². The van der Waals surface area contributed by atoms with Crippen LogP contribution in [-0.4, -0.2) is 24.0 Å². The van der Waals surface area contributed by atoms with Crippen molar-refractivity contribution in [3.8, 4) is 0 Å². The number of thiocarbonyl (C=S) groups is 1. The van der Waals surface area contributed by atoms with Gasteiger partial charge in [0.15, 0.2) is 5.11 Å². The van der Waals surface area contributed by atoms with E-state index in [9.17, 15) is 9.59 Å². The van der Waals surface area contributed by atoms with E-state index >= 15 is 0 Å². The zero-order chi connectivity index (χ0) is 18.7. The highest BCUT2D eigenvalue weighted by molar-refractivity contribution is 7.80. The van der Waals surface area contributed by atoms with Gasteiger partial charge >= 0.3 is 5.97 Å². The molecule has 0 saturated heterocycles. The number of hydrogen-bond donors (Lipinski definition) is 2. The van der Waals surface area contributed by atoms with Crippen LogP contribution in [0.1, 0.15) is 17.2 Å². The van der Waals surface area contributed by atoms with Crippen LogP contribution in [0.2, 0.25) is 5.02 Å². The molecule has 2 aromatic carbocycles. The van der Waals surface area contributed by atoms with Crippen LogP contribution in [0.4, 0.5) is 0 Å². The lowest BCUT2D eigenvalue weighted by Crippen LogP contribution is -2.46. The van der Waals surface area contributed by atoms with Gasteiger partial charge in [-0.1, -0.05) is 60.1 Å². The van der Waals surface area contributed by atoms with Gasteiger partial charge in [-0.15, -0.1) is 0 Å². The lowest BCUT2D eigenvalue weighted by atomic mass is 9.90. The van der Waals surface area contributed by atoms with Crippen molar-refractivity contribution in [2.24, 2.45) is 0 Å². The van der Waals surface area contributed by atoms with E-state index < -0.39 is 17.8 Å². The Morgan fingerprint density at radius 1 is 1.08 bits per heavy atom. The summed E-state index contributed by atoms with van der Waals surface area (Å²) < 4.78 is 4.65. The van der Waals surface area contributed by atoms with E-state index in [4.69, 9.17) is 23.8 Å². The number of Topliss-reactive ketones (excluding diaryl/α,β-unsaturated/α-hetero) is 1. The monoisotopic (exact) mass is 386 g/mol. The summed E-state index contributed by atoms with van der Waals surface area (Å²) >= 11 is 11.6. The number of hydrogen-bond acceptors (Lipinski definition) is 4. The zero-order valence-electron chi connectivity index (χ0n) is 13.8. The number of benzene rings is 2. The highest BCUT2D eigenvalue weighted by atomic mass is 35.5. The van der Waals surface area contributed by atoms with Crippen LogP contribution < -0.4 is 10.6 Å². The molecule has 5 nitrogen and oxygen atoms in total. The molecular weight excluding hydrogens is 372 g/mol. The molecule has 0 amide bonds. The molecule has 0 aliphatic carbocycles. The van der Waals surface area contributed by atoms with Crippen molar-refractivity contribution >= 4 is 46.4 Å². The fourth-order valence-electron chi connectivity index (χ4n) is 2.79. The summed E-state index contributed by atoms with van der Waals surface area (Å²) in [5.41, 5.74) is 2.01. The van der Waals surface area contributed by atoms with Crippen molar-refractivity contribution in [3.05, 3.63) is 76.3 Å². The Balaban J connectivity index is 2.25. The van der Waals surface area contributed by atoms with E-state index in [-0.39, 0.29) is 5.57 Å². The van der Waals surface area contributed by atoms with Crippen molar-refractivity contribution in [2.75, 3.05) is 7.11 Å². The number of nitrogens with one attached hydrogen (secondary N) is 2. The van der Waals surface area contributed by atoms with Crippen LogP contribution in [-0.2, 0) is 14.3 Å². The average molecular weight is 387 g/mol. The van der Waals surface area contributed by atoms with Gasteiger partial charge in [0.2, 0.25) is 0 Å². The van der Waals surface area contributed by atoms with Gasteiger partial charge in [0.05, 0.1) is 24.4 Å². The Morgan fingerprint density at radius 3 is 2.38 bits per heavy atom. The van der Waals surface area contributed by atoms with Gasteiger partial charge in [0.1, 0.15) is 0 Å². The number of ether oxygens (including phenoxy) is 1. The quantitative estimate of drug-likeness (QED) is 0.478. The zero-order valence-corrected chi connectivity index (χ0v) is 15.4. The maximum absolute atomic E-state index is 12.8. The molecule has 0 radical (unpaired) electrons. The number of carbonyl (C=O) groups excluding carboxylic acids is 2. The molecule has 1 aliphatic rings. The molecule has 2 N–H and O–H groups in total. The second kappa shape index (κ2) is 7.68. The van der Waals surface area contributed by atoms with Gasteiger partial charge in [-0.05, 0) is 29.4 Å². The standard InChI is InChI=1S/C19H15ClN2O3S/c1-25-18(24)17(23)14-15(11-7-3-2-4-8-11)21-19(26)22-16(14)12-9-5-6-10-13(12)20/h2-10,16H,1H3,(H2,21,22,26)/t16-/m1/s1. The first-order valence-electron chi connectivity index (χ1n) is 7.77. The fraction of sp³-hybridized carbons (Fsp3) is 0.105. The molecule has 0 unspecified atom stereocenters. The molecule has 7 heteroatoms. The normalized spacial score (nSPS) is 16.5. The average Bonchev–Trinajstić information content (AvgIpc) is 2.67. The molecule has 0 spiro atoms. The SMILES string of the molecule is COC(=O)C(=O)C1=C(c2ccccc2)NC(=S)N[C@@H]1c1ccccc1Cl. The largest absolute Gasteiger partial charge is 0.463 e. The Kier molecular flexibility index (Phi) is 5.35. The third-order valence-corrected chi connectivity index (χ3v) is 4.53. The number of halogens is 1. The molecule has 0 bridgehead atoms. The maximum atomic E-state index is 12.8. The van der Waals surface area contributed by atoms with E-state index in [1.165, 1.54) is 7.11 Å². The van der Waals surface area contributed by atoms with Crippen LogP contribution in [0, 0.1) is 0 Å². The smallest absolute Gasteiger partial charge is 0.379 e. The first-order chi connectivity index (χ1) is 12.5. The minimum Gasteiger partial charge on any atom is -0.463 e. The minimum absolute atomic E-state index is 0.199. The van der Waals surface area contributed by atoms with Crippen LogP contribution in [0.3, 0.4) is 0 Å². The molecule has 1 atom stereocenters. The Morgan fingerprint density at radius 2 is 1.73 bits per heavy atom. The second-order valence-electron chi connectivity index (χ2n) is 5.53. The molecule has 2 aromatic rings. The van der Waals surface area contributed by atoms with Gasteiger partial charge in [0.25, 0.3) is 5.78 Å². The lowest BCUT2D eigenvalue weighted by Gasteiger charge is -2.31. The first kappa shape index (κ1) is 18.1. The van der Waals surface area contributed by atoms with Crippen LogP contribution in [0.5, 0.6) is 0 Å². The maximum Gasteiger partial charge on any atom is 0.379 e. The molecule has 26 heavy (non-hydrogen) atoms. The van der Waals surface area contributed by atoms with Gasteiger partial charge in [-0.3, -0.25) is 4.79 Å². The number of methoxy groups -OCH3 is 1. The summed E-state index contributed by atoms with van der Waals surface area (Å²) in [5.74, 6) is -1.72. The van der Waals surface area contributed by atoms with E-state index in [1.54, 1.807) is 24.3 Å². The number of esters is 1. The Labute approximate surface area is 161 Å². The summed E-state index contributed by atoms with van der Waals surface area (Å²) in [6.07, 6.45) is 0. The highest BCUT2D eigenvalue weighted by Crippen LogP contribution is 2.35. The fourth-order valence-corrected chi connectivity index (χ4v) is 3.25. The molecule has 0 saturated carbocycles. The third kappa shape index (κ3) is 3.47. The Bertz CT molecular complexity index is 912. The van der Waals surface area contributed by atoms with Crippen LogP contribution in [0.15, 0.2) is 60.2 Å². The van der Waals surface area contributed by atoms with Crippen molar-refractivity contribution in [3.63, 3.8) is 0 Å². The van der Waals surface area contributed by atoms with Crippen molar-refractivity contribution in [2.45, 2.75) is 6.04 Å². The summed E-state index contributed by atoms with van der Waals surface area (Å²) in [7, 11) is 1.17. The van der Waals surface area contributed by atoms with E-state index in [2.05, 4.69) is 15.4 Å². The lowest BCUT2D eigenvalue weighted by molar-refractivity contribution is -0.150. The predicted molar refractivity (Wildman–Crippen MR) is 103 cm³/mol. The van der Waals surface area contributed by atoms with E-state index in [0.29, 0.717) is 21.4 Å². The van der Waals surface area contributed by atoms with Gasteiger partial charge < -0.3 is 15.4 Å². The summed E-state index contributed by atoms with van der Waals surface area (Å²) in [5, 5.41) is 6.81. The van der Waals surface area contributed by atoms with Crippen LogP contribution in [0.25, 0.3) is 5.70 Å². The number of rotatable bonds is 4. The molecule has 1 heterocycles. The molecule has 1 aliphatic heterocycles. The van der Waals surface area contributed by atoms with Crippen molar-refractivity contribution < 1.29 is 14.3 Å². The molecule has 3 rings (SSSR count). The molecular formula is C19H15ClN2O3S. The predicted octanol–water partition coefficient (Wildman–Crippen LogP) is 3.01. The van der Waals surface area contributed by atoms with Crippen molar-refractivity contribution in [1.29, 1.82) is 0 Å². The molecule has 0 fully saturated rings. The van der Waals surface area contributed by atoms with E-state index in [1.807, 2.05) is 30.3 Å². The second-order valence-corrected chi connectivity index (χ2v) is 6.34. The number of carbonyl (C=O) groups is 2. The van der Waals surface area contributed by atoms with Gasteiger partial charge in [0, 0.05) is 5.02 Å². The Hall–Kier alpha value is -2.70. The van der Waals surface area contributed by atoms with Crippen molar-refractivity contribution in [1.82, 2.24) is 10.6 Å².